The zero-order valence-corrected chi connectivity index (χ0v) is 14.9. The van der Waals surface area contributed by atoms with E-state index in [-0.39, 0.29) is 36.1 Å². The molecule has 2 aliphatic rings. The summed E-state index contributed by atoms with van der Waals surface area (Å²) in [4.78, 5) is 48.9. The van der Waals surface area contributed by atoms with E-state index in [1.165, 1.54) is 20.5 Å². The highest BCUT2D eigenvalue weighted by atomic mass is 16.5. The molecule has 2 N–H and O–H groups in total. The van der Waals surface area contributed by atoms with Crippen LogP contribution in [0.3, 0.4) is 0 Å². The lowest BCUT2D eigenvalue weighted by atomic mass is 9.72. The number of carbonyl (C=O) groups is 4. The molecule has 1 heterocycles. The van der Waals surface area contributed by atoms with Gasteiger partial charge in [-0.3, -0.25) is 14.4 Å². The standard InChI is InChI=1S/C17H27N3O5/c1-12(21)9-18-15(23)13-8-17(6-4-3-5-7-17)11-20(13)14(22)10-19-16(24)25-2/h13H,3-11H2,1-2H3,(H,18,23)(H,19,24). The van der Waals surface area contributed by atoms with Crippen LogP contribution >= 0.6 is 0 Å². The van der Waals surface area contributed by atoms with Crippen LogP contribution in [-0.4, -0.2) is 61.4 Å². The van der Waals surface area contributed by atoms with Crippen LogP contribution in [0, 0.1) is 5.41 Å². The second-order valence-corrected chi connectivity index (χ2v) is 7.07. The van der Waals surface area contributed by atoms with Gasteiger partial charge in [0, 0.05) is 6.54 Å². The van der Waals surface area contributed by atoms with Crippen molar-refractivity contribution >= 4 is 23.7 Å². The minimum Gasteiger partial charge on any atom is -0.453 e. The first-order valence-corrected chi connectivity index (χ1v) is 8.75. The van der Waals surface area contributed by atoms with E-state index in [1.54, 1.807) is 4.90 Å². The third-order valence-corrected chi connectivity index (χ3v) is 5.13. The summed E-state index contributed by atoms with van der Waals surface area (Å²) in [5.41, 5.74) is -0.0304. The molecule has 1 saturated heterocycles. The van der Waals surface area contributed by atoms with Gasteiger partial charge in [-0.25, -0.2) is 4.79 Å². The summed E-state index contributed by atoms with van der Waals surface area (Å²) in [6, 6.07) is -0.593. The SMILES string of the molecule is COC(=O)NCC(=O)N1CC2(CCCCC2)CC1C(=O)NCC(C)=O. The Kier molecular flexibility index (Phi) is 6.39. The Labute approximate surface area is 147 Å². The Morgan fingerprint density at radius 3 is 2.36 bits per heavy atom. The van der Waals surface area contributed by atoms with E-state index >= 15 is 0 Å². The highest BCUT2D eigenvalue weighted by Crippen LogP contribution is 2.46. The van der Waals surface area contributed by atoms with Gasteiger partial charge in [-0.15, -0.1) is 0 Å². The summed E-state index contributed by atoms with van der Waals surface area (Å²) in [6.45, 7) is 1.68. The van der Waals surface area contributed by atoms with Crippen molar-refractivity contribution in [2.75, 3.05) is 26.7 Å². The maximum Gasteiger partial charge on any atom is 0.407 e. The van der Waals surface area contributed by atoms with Gasteiger partial charge < -0.3 is 20.3 Å². The van der Waals surface area contributed by atoms with Crippen molar-refractivity contribution in [3.05, 3.63) is 0 Å². The van der Waals surface area contributed by atoms with Crippen LogP contribution in [0.4, 0.5) is 4.79 Å². The minimum absolute atomic E-state index is 0.0304. The fourth-order valence-corrected chi connectivity index (χ4v) is 3.87. The number of carbonyl (C=O) groups excluding carboxylic acids is 4. The first-order valence-electron chi connectivity index (χ1n) is 8.75. The van der Waals surface area contributed by atoms with Crippen LogP contribution in [0.1, 0.15) is 45.4 Å². The average molecular weight is 353 g/mol. The Hall–Kier alpha value is -2.12. The lowest BCUT2D eigenvalue weighted by Crippen LogP contribution is -2.49. The van der Waals surface area contributed by atoms with Gasteiger partial charge in [-0.05, 0) is 31.6 Å². The number of hydrogen-bond acceptors (Lipinski definition) is 5. The number of nitrogens with zero attached hydrogens (tertiary/aromatic N) is 1. The van der Waals surface area contributed by atoms with E-state index < -0.39 is 12.1 Å². The number of likely N-dealkylation sites (tertiary alicyclic amines) is 1. The van der Waals surface area contributed by atoms with E-state index in [0.29, 0.717) is 13.0 Å². The molecule has 1 aliphatic heterocycles. The topological polar surface area (TPSA) is 105 Å². The molecule has 1 aliphatic carbocycles. The fraction of sp³-hybridized carbons (Fsp3) is 0.765. The van der Waals surface area contributed by atoms with Crippen molar-refractivity contribution in [2.24, 2.45) is 5.41 Å². The van der Waals surface area contributed by atoms with Crippen LogP contribution in [0.15, 0.2) is 0 Å². The molecule has 1 unspecified atom stereocenters. The van der Waals surface area contributed by atoms with Crippen molar-refractivity contribution in [3.8, 4) is 0 Å². The Morgan fingerprint density at radius 1 is 1.08 bits per heavy atom. The van der Waals surface area contributed by atoms with Crippen LogP contribution < -0.4 is 10.6 Å². The molecule has 2 fully saturated rings. The van der Waals surface area contributed by atoms with Gasteiger partial charge in [0.1, 0.15) is 18.4 Å². The molecule has 1 saturated carbocycles. The molecule has 1 spiro atoms. The molecule has 0 bridgehead atoms. The van der Waals surface area contributed by atoms with Crippen molar-refractivity contribution in [1.29, 1.82) is 0 Å². The van der Waals surface area contributed by atoms with Gasteiger partial charge >= 0.3 is 6.09 Å². The first-order chi connectivity index (χ1) is 11.9. The molecule has 0 radical (unpaired) electrons. The van der Waals surface area contributed by atoms with Gasteiger partial charge in [0.15, 0.2) is 0 Å². The molecule has 0 aromatic carbocycles. The number of alkyl carbamates (subject to hydrolysis) is 1. The molecule has 0 aromatic rings. The number of hydrogen-bond donors (Lipinski definition) is 2. The van der Waals surface area contributed by atoms with E-state index in [2.05, 4.69) is 15.4 Å². The van der Waals surface area contributed by atoms with Crippen LogP contribution in [-0.2, 0) is 19.1 Å². The summed E-state index contributed by atoms with van der Waals surface area (Å²) in [6.07, 6.45) is 5.31. The fourth-order valence-electron chi connectivity index (χ4n) is 3.87. The predicted octanol–water partition coefficient (Wildman–Crippen LogP) is 0.599. The molecular weight excluding hydrogens is 326 g/mol. The monoisotopic (exact) mass is 353 g/mol. The average Bonchev–Trinajstić information content (AvgIpc) is 2.96. The smallest absolute Gasteiger partial charge is 0.407 e. The molecule has 8 nitrogen and oxygen atoms in total. The van der Waals surface area contributed by atoms with Gasteiger partial charge in [0.25, 0.3) is 0 Å². The molecule has 8 heteroatoms. The number of methoxy groups -OCH3 is 1. The van der Waals surface area contributed by atoms with E-state index in [9.17, 15) is 19.2 Å². The summed E-state index contributed by atoms with van der Waals surface area (Å²) < 4.78 is 4.47. The Balaban J connectivity index is 2.08. The molecule has 1 atom stereocenters. The quantitative estimate of drug-likeness (QED) is 0.753. The van der Waals surface area contributed by atoms with Crippen molar-refractivity contribution < 1.29 is 23.9 Å². The number of nitrogens with one attached hydrogen (secondary N) is 2. The molecule has 140 valence electrons. The van der Waals surface area contributed by atoms with Crippen molar-refractivity contribution in [3.63, 3.8) is 0 Å². The number of amides is 3. The molecule has 2 rings (SSSR count). The Morgan fingerprint density at radius 2 is 1.76 bits per heavy atom. The summed E-state index contributed by atoms with van der Waals surface area (Å²) >= 11 is 0. The van der Waals surface area contributed by atoms with Crippen LogP contribution in [0.2, 0.25) is 0 Å². The van der Waals surface area contributed by atoms with Gasteiger partial charge in [-0.2, -0.15) is 0 Å². The van der Waals surface area contributed by atoms with Crippen molar-refractivity contribution in [1.82, 2.24) is 15.5 Å². The highest BCUT2D eigenvalue weighted by Gasteiger charge is 2.48. The van der Waals surface area contributed by atoms with Crippen LogP contribution in [0.25, 0.3) is 0 Å². The van der Waals surface area contributed by atoms with Crippen LogP contribution in [0.5, 0.6) is 0 Å². The van der Waals surface area contributed by atoms with E-state index in [0.717, 1.165) is 25.7 Å². The van der Waals surface area contributed by atoms with E-state index in [1.807, 2.05) is 0 Å². The predicted molar refractivity (Wildman–Crippen MR) is 89.7 cm³/mol. The summed E-state index contributed by atoms with van der Waals surface area (Å²) in [5.74, 6) is -0.746. The van der Waals surface area contributed by atoms with Gasteiger partial charge in [0.2, 0.25) is 11.8 Å². The largest absolute Gasteiger partial charge is 0.453 e. The normalized spacial score (nSPS) is 21.7. The lowest BCUT2D eigenvalue weighted by molar-refractivity contribution is -0.138. The molecule has 3 amide bonds. The summed E-state index contributed by atoms with van der Waals surface area (Å²) in [5, 5.41) is 4.98. The highest BCUT2D eigenvalue weighted by molar-refractivity contribution is 5.92. The summed E-state index contributed by atoms with van der Waals surface area (Å²) in [7, 11) is 1.23. The maximum atomic E-state index is 12.6. The third-order valence-electron chi connectivity index (χ3n) is 5.13. The first kappa shape index (κ1) is 19.2. The number of Topliss-reactive ketones (excluding diaryl/α,β-unsaturated/α-hetero) is 1. The van der Waals surface area contributed by atoms with Gasteiger partial charge in [-0.1, -0.05) is 19.3 Å². The molecule has 25 heavy (non-hydrogen) atoms. The zero-order chi connectivity index (χ0) is 18.4. The molecule has 0 aromatic heterocycles. The number of rotatable bonds is 5. The lowest BCUT2D eigenvalue weighted by Gasteiger charge is -2.33. The third kappa shape index (κ3) is 4.93. The van der Waals surface area contributed by atoms with Crippen molar-refractivity contribution in [2.45, 2.75) is 51.5 Å². The zero-order valence-electron chi connectivity index (χ0n) is 14.9. The van der Waals surface area contributed by atoms with Gasteiger partial charge in [0.05, 0.1) is 13.7 Å². The Bertz CT molecular complexity index is 542. The number of ether oxygens (including phenoxy) is 1. The second kappa shape index (κ2) is 8.31. The minimum atomic E-state index is -0.683. The number of ketones is 1. The maximum absolute atomic E-state index is 12.6. The second-order valence-electron chi connectivity index (χ2n) is 7.07. The molecular formula is C17H27N3O5. The van der Waals surface area contributed by atoms with E-state index in [4.69, 9.17) is 0 Å².